The summed E-state index contributed by atoms with van der Waals surface area (Å²) in [5.41, 5.74) is 1.78. The fourth-order valence-electron chi connectivity index (χ4n) is 1.54. The molecule has 1 aliphatic rings. The van der Waals surface area contributed by atoms with E-state index in [0.717, 1.165) is 11.1 Å². The van der Waals surface area contributed by atoms with Gasteiger partial charge in [-0.3, -0.25) is 0 Å². The first-order chi connectivity index (χ1) is 8.62. The molecule has 1 rings (SSSR count). The molecule has 2 heteroatoms. The lowest BCUT2D eigenvalue weighted by atomic mass is 10.1. The van der Waals surface area contributed by atoms with E-state index in [1.165, 1.54) is 0 Å². The van der Waals surface area contributed by atoms with E-state index in [-0.39, 0.29) is 6.10 Å². The summed E-state index contributed by atoms with van der Waals surface area (Å²) < 4.78 is 11.3. The molecule has 0 radical (unpaired) electrons. The molecular weight excluding hydrogens is 224 g/mol. The first-order valence-corrected chi connectivity index (χ1v) is 5.94. The minimum atomic E-state index is 0.0444. The van der Waals surface area contributed by atoms with Gasteiger partial charge in [-0.25, -0.2) is 0 Å². The van der Waals surface area contributed by atoms with Gasteiger partial charge in [0.25, 0.3) is 0 Å². The molecule has 1 unspecified atom stereocenters. The van der Waals surface area contributed by atoms with Crippen LogP contribution in [-0.4, -0.2) is 12.7 Å². The maximum Gasteiger partial charge on any atom is 0.161 e. The number of ether oxygens (including phenoxy) is 2. The monoisotopic (exact) mass is 244 g/mol. The van der Waals surface area contributed by atoms with Gasteiger partial charge in [0.2, 0.25) is 0 Å². The third kappa shape index (κ3) is 3.52. The molecule has 18 heavy (non-hydrogen) atoms. The molecule has 2 nitrogen and oxygen atoms in total. The highest BCUT2D eigenvalue weighted by atomic mass is 16.6. The van der Waals surface area contributed by atoms with Gasteiger partial charge in [0, 0.05) is 0 Å². The molecule has 0 saturated carbocycles. The van der Waals surface area contributed by atoms with Crippen LogP contribution in [-0.2, 0) is 9.47 Å². The van der Waals surface area contributed by atoms with E-state index >= 15 is 0 Å². The van der Waals surface area contributed by atoms with Gasteiger partial charge in [0.15, 0.2) is 11.5 Å². The summed E-state index contributed by atoms with van der Waals surface area (Å²) >= 11 is 0. The van der Waals surface area contributed by atoms with Crippen LogP contribution in [0.15, 0.2) is 72.8 Å². The lowest BCUT2D eigenvalue weighted by molar-refractivity contribution is 0.0188. The van der Waals surface area contributed by atoms with E-state index in [4.69, 9.17) is 9.47 Å². The first-order valence-electron chi connectivity index (χ1n) is 5.94. The van der Waals surface area contributed by atoms with Crippen LogP contribution in [0.1, 0.15) is 13.8 Å². The third-order valence-electron chi connectivity index (χ3n) is 2.48. The van der Waals surface area contributed by atoms with Gasteiger partial charge in [-0.05, 0) is 37.1 Å². The van der Waals surface area contributed by atoms with Crippen LogP contribution in [0.4, 0.5) is 0 Å². The zero-order chi connectivity index (χ0) is 13.5. The zero-order valence-electron chi connectivity index (χ0n) is 11.1. The van der Waals surface area contributed by atoms with E-state index in [1.54, 1.807) is 12.2 Å². The summed E-state index contributed by atoms with van der Waals surface area (Å²) in [7, 11) is 0. The van der Waals surface area contributed by atoms with Crippen LogP contribution >= 0.6 is 0 Å². The van der Waals surface area contributed by atoms with Crippen molar-refractivity contribution in [3.8, 4) is 0 Å². The minimum Gasteiger partial charge on any atom is -0.486 e. The number of hydrogen-bond donors (Lipinski definition) is 0. The smallest absolute Gasteiger partial charge is 0.161 e. The van der Waals surface area contributed by atoms with E-state index in [9.17, 15) is 0 Å². The summed E-state index contributed by atoms with van der Waals surface area (Å²) in [5.74, 6) is 1.34. The second kappa shape index (κ2) is 6.70. The van der Waals surface area contributed by atoms with Crippen LogP contribution in [0.2, 0.25) is 0 Å². The van der Waals surface area contributed by atoms with Crippen LogP contribution in [0.25, 0.3) is 0 Å². The molecule has 1 heterocycles. The van der Waals surface area contributed by atoms with Crippen molar-refractivity contribution in [2.24, 2.45) is 0 Å². The van der Waals surface area contributed by atoms with Crippen molar-refractivity contribution < 1.29 is 9.47 Å². The molecule has 0 amide bonds. The maximum atomic E-state index is 5.66. The van der Waals surface area contributed by atoms with Crippen molar-refractivity contribution in [3.05, 3.63) is 72.8 Å². The Labute approximate surface area is 109 Å². The van der Waals surface area contributed by atoms with Crippen LogP contribution < -0.4 is 0 Å². The highest BCUT2D eigenvalue weighted by Gasteiger charge is 2.17. The highest BCUT2D eigenvalue weighted by Crippen LogP contribution is 2.23. The molecule has 0 fully saturated rings. The van der Waals surface area contributed by atoms with E-state index in [0.29, 0.717) is 18.1 Å². The Morgan fingerprint density at radius 1 is 1.33 bits per heavy atom. The quantitative estimate of drug-likeness (QED) is 0.679. The van der Waals surface area contributed by atoms with E-state index in [2.05, 4.69) is 19.7 Å². The molecule has 0 spiro atoms. The van der Waals surface area contributed by atoms with Gasteiger partial charge >= 0.3 is 0 Å². The molecule has 1 atom stereocenters. The van der Waals surface area contributed by atoms with Crippen LogP contribution in [0.5, 0.6) is 0 Å². The normalized spacial score (nSPS) is 20.3. The summed E-state index contributed by atoms with van der Waals surface area (Å²) in [4.78, 5) is 0. The molecule has 0 aromatic carbocycles. The molecule has 0 saturated heterocycles. The second-order valence-electron chi connectivity index (χ2n) is 4.00. The molecule has 0 aromatic heterocycles. The van der Waals surface area contributed by atoms with Gasteiger partial charge in [-0.15, -0.1) is 0 Å². The van der Waals surface area contributed by atoms with Crippen molar-refractivity contribution in [1.82, 2.24) is 0 Å². The standard InChI is InChI=1S/C16H20O2/c1-6-9-14(12(4)7-2)10-16-15(8-3)18-13(5)11-17-16/h6-10,13H,2-4,11H2,1,5H3/b9-6-,14-10-. The van der Waals surface area contributed by atoms with Gasteiger partial charge < -0.3 is 9.47 Å². The Bertz CT molecular complexity index is 436. The zero-order valence-corrected chi connectivity index (χ0v) is 11.1. The van der Waals surface area contributed by atoms with Crippen molar-refractivity contribution >= 4 is 0 Å². The van der Waals surface area contributed by atoms with Crippen molar-refractivity contribution in [1.29, 1.82) is 0 Å². The topological polar surface area (TPSA) is 18.5 Å². The SMILES string of the molecule is C=CC(=C)C(/C=C\C)=C\C1=C(C=C)OC(C)CO1. The average Bonchev–Trinajstić information content (AvgIpc) is 2.39. The fourth-order valence-corrected chi connectivity index (χ4v) is 1.54. The fraction of sp³-hybridized carbons (Fsp3) is 0.250. The summed E-state index contributed by atoms with van der Waals surface area (Å²) in [6, 6.07) is 0. The van der Waals surface area contributed by atoms with Crippen molar-refractivity contribution in [3.63, 3.8) is 0 Å². The Morgan fingerprint density at radius 2 is 2.06 bits per heavy atom. The predicted molar refractivity (Wildman–Crippen MR) is 76.0 cm³/mol. The molecule has 0 aliphatic carbocycles. The lowest BCUT2D eigenvalue weighted by Gasteiger charge is -2.24. The molecule has 0 N–H and O–H groups in total. The van der Waals surface area contributed by atoms with E-state index in [1.807, 2.05) is 32.1 Å². The summed E-state index contributed by atoms with van der Waals surface area (Å²) in [6.45, 7) is 15.8. The second-order valence-corrected chi connectivity index (χ2v) is 4.00. The molecule has 0 bridgehead atoms. The number of rotatable bonds is 5. The molecule has 1 aliphatic heterocycles. The predicted octanol–water partition coefficient (Wildman–Crippen LogP) is 4.06. The number of hydrogen-bond acceptors (Lipinski definition) is 2. The summed E-state index contributed by atoms with van der Waals surface area (Å²) in [6.07, 6.45) is 9.22. The molecule has 0 aromatic rings. The van der Waals surface area contributed by atoms with Gasteiger partial charge in [-0.2, -0.15) is 0 Å². The van der Waals surface area contributed by atoms with Gasteiger partial charge in [-0.1, -0.05) is 38.0 Å². The van der Waals surface area contributed by atoms with Crippen LogP contribution in [0.3, 0.4) is 0 Å². The Morgan fingerprint density at radius 3 is 2.61 bits per heavy atom. The van der Waals surface area contributed by atoms with E-state index < -0.39 is 0 Å². The first kappa shape index (κ1) is 14.1. The van der Waals surface area contributed by atoms with Gasteiger partial charge in [0.05, 0.1) is 0 Å². The number of allylic oxidation sites excluding steroid dienone is 7. The Kier molecular flexibility index (Phi) is 5.25. The third-order valence-corrected chi connectivity index (χ3v) is 2.48. The lowest BCUT2D eigenvalue weighted by Crippen LogP contribution is -2.21. The van der Waals surface area contributed by atoms with Crippen LogP contribution in [0, 0.1) is 0 Å². The summed E-state index contributed by atoms with van der Waals surface area (Å²) in [5, 5.41) is 0. The molecular formula is C16H20O2. The maximum absolute atomic E-state index is 5.66. The van der Waals surface area contributed by atoms with Gasteiger partial charge in [0.1, 0.15) is 12.7 Å². The molecule has 96 valence electrons. The van der Waals surface area contributed by atoms with Crippen molar-refractivity contribution in [2.45, 2.75) is 20.0 Å². The Hall–Kier alpha value is -1.96. The average molecular weight is 244 g/mol. The largest absolute Gasteiger partial charge is 0.486 e. The minimum absolute atomic E-state index is 0.0444. The highest BCUT2D eigenvalue weighted by molar-refractivity contribution is 5.47. The Balaban J connectivity index is 3.13. The van der Waals surface area contributed by atoms with Crippen molar-refractivity contribution in [2.75, 3.05) is 6.61 Å².